The van der Waals surface area contributed by atoms with Crippen LogP contribution in [0.2, 0.25) is 0 Å². The third kappa shape index (κ3) is 1.15. The van der Waals surface area contributed by atoms with Crippen LogP contribution in [0.1, 0.15) is 27.2 Å². The van der Waals surface area contributed by atoms with Crippen molar-refractivity contribution in [1.82, 2.24) is 4.98 Å². The van der Waals surface area contributed by atoms with E-state index in [9.17, 15) is 4.79 Å². The van der Waals surface area contributed by atoms with E-state index in [1.807, 2.05) is 26.8 Å². The van der Waals surface area contributed by atoms with Gasteiger partial charge >= 0.3 is 0 Å². The molecule has 0 atom stereocenters. The van der Waals surface area contributed by atoms with Gasteiger partial charge in [-0.3, -0.25) is 4.79 Å². The number of aromatic amines is 1. The molecule has 0 spiro atoms. The maximum Gasteiger partial charge on any atom is 0.150 e. The first-order valence-corrected chi connectivity index (χ1v) is 4.68. The molecule has 1 aromatic heterocycles. The Bertz CT molecular complexity index is 509. The summed E-state index contributed by atoms with van der Waals surface area (Å²) in [4.78, 5) is 14.2. The van der Waals surface area contributed by atoms with Gasteiger partial charge in [0.2, 0.25) is 0 Å². The van der Waals surface area contributed by atoms with Crippen LogP contribution in [0.3, 0.4) is 0 Å². The van der Waals surface area contributed by atoms with Crippen LogP contribution in [-0.4, -0.2) is 11.3 Å². The minimum absolute atomic E-state index is 0.816. The lowest BCUT2D eigenvalue weighted by Crippen LogP contribution is -1.91. The van der Waals surface area contributed by atoms with Gasteiger partial charge < -0.3 is 4.98 Å². The maximum absolute atomic E-state index is 10.9. The zero-order valence-electron chi connectivity index (χ0n) is 8.64. The van der Waals surface area contributed by atoms with Crippen molar-refractivity contribution in [2.45, 2.75) is 20.8 Å². The van der Waals surface area contributed by atoms with Crippen molar-refractivity contribution >= 4 is 17.2 Å². The van der Waals surface area contributed by atoms with Crippen LogP contribution in [0.5, 0.6) is 0 Å². The largest absolute Gasteiger partial charge is 0.359 e. The van der Waals surface area contributed by atoms with E-state index in [0.29, 0.717) is 0 Å². The summed E-state index contributed by atoms with van der Waals surface area (Å²) >= 11 is 0. The van der Waals surface area contributed by atoms with Gasteiger partial charge in [0.05, 0.1) is 0 Å². The van der Waals surface area contributed by atoms with E-state index in [0.717, 1.165) is 39.6 Å². The topological polar surface area (TPSA) is 32.9 Å². The third-order valence-electron chi connectivity index (χ3n) is 2.69. The molecule has 0 bridgehead atoms. The molecule has 14 heavy (non-hydrogen) atoms. The molecular formula is C12H13NO. The average molecular weight is 187 g/mol. The van der Waals surface area contributed by atoms with Gasteiger partial charge in [0.1, 0.15) is 0 Å². The number of benzene rings is 1. The fraction of sp³-hybridized carbons (Fsp3) is 0.250. The van der Waals surface area contributed by atoms with E-state index in [-0.39, 0.29) is 0 Å². The summed E-state index contributed by atoms with van der Waals surface area (Å²) in [6.07, 6.45) is 0.937. The van der Waals surface area contributed by atoms with Gasteiger partial charge in [-0.1, -0.05) is 0 Å². The van der Waals surface area contributed by atoms with Crippen LogP contribution >= 0.6 is 0 Å². The predicted molar refractivity (Wildman–Crippen MR) is 57.9 cm³/mol. The number of aromatic nitrogens is 1. The molecule has 0 saturated carbocycles. The Morgan fingerprint density at radius 1 is 1.21 bits per heavy atom. The summed E-state index contributed by atoms with van der Waals surface area (Å²) in [6, 6.07) is 4.11. The van der Waals surface area contributed by atoms with Crippen LogP contribution in [-0.2, 0) is 0 Å². The molecule has 0 aliphatic heterocycles. The van der Waals surface area contributed by atoms with Gasteiger partial charge in [0.15, 0.2) is 6.29 Å². The van der Waals surface area contributed by atoms with Crippen LogP contribution < -0.4 is 0 Å². The molecule has 0 amide bonds. The molecular weight excluding hydrogens is 174 g/mol. The molecule has 2 heteroatoms. The Hall–Kier alpha value is -1.57. The van der Waals surface area contributed by atoms with Gasteiger partial charge in [-0.05, 0) is 44.0 Å². The smallest absolute Gasteiger partial charge is 0.150 e. The van der Waals surface area contributed by atoms with Crippen LogP contribution in [0.15, 0.2) is 12.1 Å². The van der Waals surface area contributed by atoms with Crippen molar-refractivity contribution in [3.63, 3.8) is 0 Å². The second-order valence-corrected chi connectivity index (χ2v) is 3.76. The van der Waals surface area contributed by atoms with E-state index in [2.05, 4.69) is 11.1 Å². The van der Waals surface area contributed by atoms with Crippen molar-refractivity contribution in [1.29, 1.82) is 0 Å². The number of hydrogen-bond acceptors (Lipinski definition) is 1. The van der Waals surface area contributed by atoms with E-state index < -0.39 is 0 Å². The first-order valence-electron chi connectivity index (χ1n) is 4.68. The summed E-state index contributed by atoms with van der Waals surface area (Å²) in [7, 11) is 0. The van der Waals surface area contributed by atoms with E-state index in [4.69, 9.17) is 0 Å². The first-order chi connectivity index (χ1) is 6.63. The molecule has 0 saturated heterocycles. The molecule has 0 unspecified atom stereocenters. The number of fused-ring (bicyclic) bond motifs is 1. The second kappa shape index (κ2) is 2.98. The first kappa shape index (κ1) is 9.00. The molecule has 1 aromatic carbocycles. The summed E-state index contributed by atoms with van der Waals surface area (Å²) in [6.45, 7) is 5.98. The molecule has 0 fully saturated rings. The Kier molecular flexibility index (Phi) is 1.92. The predicted octanol–water partition coefficient (Wildman–Crippen LogP) is 2.91. The third-order valence-corrected chi connectivity index (χ3v) is 2.69. The minimum atomic E-state index is 0.816. The van der Waals surface area contributed by atoms with Crippen molar-refractivity contribution in [3.05, 3.63) is 34.5 Å². The number of rotatable bonds is 1. The Morgan fingerprint density at radius 2 is 1.93 bits per heavy atom. The number of carbonyl (C=O) groups is 1. The number of hydrogen-bond donors (Lipinski definition) is 1. The Labute approximate surface area is 82.9 Å². The lowest BCUT2D eigenvalue weighted by molar-refractivity contribution is 0.112. The average Bonchev–Trinajstić information content (AvgIpc) is 2.47. The van der Waals surface area contributed by atoms with Crippen molar-refractivity contribution < 1.29 is 4.79 Å². The van der Waals surface area contributed by atoms with E-state index >= 15 is 0 Å². The second-order valence-electron chi connectivity index (χ2n) is 3.76. The van der Waals surface area contributed by atoms with Gasteiger partial charge in [-0.15, -0.1) is 0 Å². The number of H-pyrrole nitrogens is 1. The lowest BCUT2D eigenvalue weighted by Gasteiger charge is -2.04. The van der Waals surface area contributed by atoms with Gasteiger partial charge in [-0.25, -0.2) is 0 Å². The molecule has 2 nitrogen and oxygen atoms in total. The summed E-state index contributed by atoms with van der Waals surface area (Å²) in [5.74, 6) is 0. The maximum atomic E-state index is 10.9. The standard InChI is InChI=1S/C12H13NO/c1-7-4-12-10(5-8(2)13-12)9(3)11(7)6-14/h4-6,13H,1-3H3. The summed E-state index contributed by atoms with van der Waals surface area (Å²) in [5, 5.41) is 1.15. The minimum Gasteiger partial charge on any atom is -0.359 e. The van der Waals surface area contributed by atoms with Gasteiger partial charge in [0, 0.05) is 22.2 Å². The molecule has 0 aliphatic carbocycles. The monoisotopic (exact) mass is 187 g/mol. The van der Waals surface area contributed by atoms with Gasteiger partial charge in [0.25, 0.3) is 0 Å². The number of nitrogens with one attached hydrogen (secondary N) is 1. The normalized spacial score (nSPS) is 10.8. The number of aldehydes is 1. The van der Waals surface area contributed by atoms with Crippen LogP contribution in [0, 0.1) is 20.8 Å². The highest BCUT2D eigenvalue weighted by atomic mass is 16.1. The molecule has 0 aliphatic rings. The van der Waals surface area contributed by atoms with Crippen molar-refractivity contribution in [2.75, 3.05) is 0 Å². The highest BCUT2D eigenvalue weighted by Crippen LogP contribution is 2.24. The van der Waals surface area contributed by atoms with Crippen molar-refractivity contribution in [2.24, 2.45) is 0 Å². The zero-order valence-corrected chi connectivity index (χ0v) is 8.64. The number of carbonyl (C=O) groups excluding carboxylic acids is 1. The van der Waals surface area contributed by atoms with Gasteiger partial charge in [-0.2, -0.15) is 0 Å². The highest BCUT2D eigenvalue weighted by Gasteiger charge is 2.08. The quantitative estimate of drug-likeness (QED) is 0.684. The van der Waals surface area contributed by atoms with Crippen LogP contribution in [0.25, 0.3) is 10.9 Å². The molecule has 0 radical (unpaired) electrons. The molecule has 1 N–H and O–H groups in total. The van der Waals surface area contributed by atoms with Crippen LogP contribution in [0.4, 0.5) is 0 Å². The fourth-order valence-electron chi connectivity index (χ4n) is 1.95. The number of aryl methyl sites for hydroxylation is 3. The highest BCUT2D eigenvalue weighted by molar-refractivity contribution is 5.93. The van der Waals surface area contributed by atoms with Crippen molar-refractivity contribution in [3.8, 4) is 0 Å². The fourth-order valence-corrected chi connectivity index (χ4v) is 1.95. The summed E-state index contributed by atoms with van der Waals surface area (Å²) < 4.78 is 0. The zero-order chi connectivity index (χ0) is 10.3. The lowest BCUT2D eigenvalue weighted by atomic mass is 10.0. The Morgan fingerprint density at radius 3 is 2.57 bits per heavy atom. The Balaban J connectivity index is 2.91. The van der Waals surface area contributed by atoms with E-state index in [1.165, 1.54) is 0 Å². The molecule has 2 rings (SSSR count). The SMILES string of the molecule is Cc1cc2c(C)c(C=O)c(C)cc2[nH]1. The van der Waals surface area contributed by atoms with E-state index in [1.54, 1.807) is 0 Å². The molecule has 72 valence electrons. The summed E-state index contributed by atoms with van der Waals surface area (Å²) in [5.41, 5.74) is 5.16. The molecule has 2 aromatic rings. The molecule has 1 heterocycles.